The quantitative estimate of drug-likeness (QED) is 0.643. The summed E-state index contributed by atoms with van der Waals surface area (Å²) in [5.74, 6) is -0.842. The van der Waals surface area contributed by atoms with Crippen molar-refractivity contribution in [3.63, 3.8) is 0 Å². The maximum Gasteiger partial charge on any atom is 0.303 e. The van der Waals surface area contributed by atoms with Gasteiger partial charge < -0.3 is 14.9 Å². The predicted octanol–water partition coefficient (Wildman–Crippen LogP) is 0.250. The number of aliphatic hydroxyl groups is 1. The topological polar surface area (TPSA) is 66.8 Å². The number of aliphatic carboxylic acids is 1. The van der Waals surface area contributed by atoms with Crippen LogP contribution in [-0.4, -0.2) is 36.0 Å². The summed E-state index contributed by atoms with van der Waals surface area (Å²) in [6.45, 7) is 1.07. The number of hydrogen-bond acceptors (Lipinski definition) is 3. The summed E-state index contributed by atoms with van der Waals surface area (Å²) in [6, 6.07) is 0. The van der Waals surface area contributed by atoms with E-state index in [0.29, 0.717) is 26.1 Å². The molecule has 0 amide bonds. The number of carbonyl (C=O) groups is 1. The van der Waals surface area contributed by atoms with Crippen LogP contribution in [0.25, 0.3) is 0 Å². The highest BCUT2D eigenvalue weighted by molar-refractivity contribution is 5.67. The molecule has 0 aromatic heterocycles. The molecule has 2 N–H and O–H groups in total. The van der Waals surface area contributed by atoms with Crippen molar-refractivity contribution < 1.29 is 19.7 Å². The lowest BCUT2D eigenvalue weighted by Crippen LogP contribution is -2.35. The zero-order valence-electron chi connectivity index (χ0n) is 6.95. The highest BCUT2D eigenvalue weighted by atomic mass is 16.5. The molecule has 0 bridgehead atoms. The van der Waals surface area contributed by atoms with Gasteiger partial charge in [0.2, 0.25) is 0 Å². The zero-order chi connectivity index (χ0) is 9.03. The van der Waals surface area contributed by atoms with Gasteiger partial charge in [0.05, 0.1) is 6.42 Å². The van der Waals surface area contributed by atoms with Crippen molar-refractivity contribution in [1.82, 2.24) is 0 Å². The minimum Gasteiger partial charge on any atom is -0.481 e. The van der Waals surface area contributed by atoms with E-state index in [1.807, 2.05) is 0 Å². The third-order valence-electron chi connectivity index (χ3n) is 2.42. The summed E-state index contributed by atoms with van der Waals surface area (Å²) in [7, 11) is 0. The third-order valence-corrected chi connectivity index (χ3v) is 2.42. The standard InChI is InChI=1S/C8H14O4/c9-6-8(5-7(10)11)1-3-12-4-2-8/h9H,1-6H2,(H,10,11). The fraction of sp³-hybridized carbons (Fsp3) is 0.875. The van der Waals surface area contributed by atoms with E-state index in [4.69, 9.17) is 14.9 Å². The zero-order valence-corrected chi connectivity index (χ0v) is 6.95. The van der Waals surface area contributed by atoms with Gasteiger partial charge in [0, 0.05) is 25.2 Å². The summed E-state index contributed by atoms with van der Waals surface area (Å²) in [5, 5.41) is 17.7. The van der Waals surface area contributed by atoms with Crippen molar-refractivity contribution in [3.8, 4) is 0 Å². The van der Waals surface area contributed by atoms with Crippen molar-refractivity contribution in [1.29, 1.82) is 0 Å². The van der Waals surface area contributed by atoms with Crippen molar-refractivity contribution >= 4 is 5.97 Å². The number of aliphatic hydroxyl groups excluding tert-OH is 1. The molecule has 4 nitrogen and oxygen atoms in total. The van der Waals surface area contributed by atoms with Gasteiger partial charge in [-0.1, -0.05) is 0 Å². The molecule has 1 rings (SSSR count). The Balaban J connectivity index is 2.53. The first-order valence-corrected chi connectivity index (χ1v) is 4.09. The summed E-state index contributed by atoms with van der Waals surface area (Å²) in [5.41, 5.74) is -0.427. The average molecular weight is 174 g/mol. The lowest BCUT2D eigenvalue weighted by molar-refractivity contribution is -0.142. The lowest BCUT2D eigenvalue weighted by Gasteiger charge is -2.33. The van der Waals surface area contributed by atoms with Crippen LogP contribution in [0.2, 0.25) is 0 Å². The van der Waals surface area contributed by atoms with E-state index in [0.717, 1.165) is 0 Å². The van der Waals surface area contributed by atoms with Gasteiger partial charge >= 0.3 is 5.97 Å². The van der Waals surface area contributed by atoms with Crippen LogP contribution in [0.5, 0.6) is 0 Å². The Bertz CT molecular complexity index is 160. The molecule has 0 aromatic rings. The number of hydrogen-bond donors (Lipinski definition) is 2. The van der Waals surface area contributed by atoms with Crippen molar-refractivity contribution in [3.05, 3.63) is 0 Å². The first-order chi connectivity index (χ1) is 5.68. The maximum absolute atomic E-state index is 10.5. The Morgan fingerprint density at radius 3 is 2.42 bits per heavy atom. The van der Waals surface area contributed by atoms with Gasteiger partial charge in [-0.05, 0) is 12.8 Å². The number of rotatable bonds is 3. The summed E-state index contributed by atoms with van der Waals surface area (Å²) < 4.78 is 5.10. The van der Waals surface area contributed by atoms with E-state index < -0.39 is 11.4 Å². The second-order valence-corrected chi connectivity index (χ2v) is 3.34. The van der Waals surface area contributed by atoms with E-state index >= 15 is 0 Å². The van der Waals surface area contributed by atoms with E-state index in [-0.39, 0.29) is 13.0 Å². The number of ether oxygens (including phenoxy) is 1. The normalized spacial score (nSPS) is 22.1. The van der Waals surface area contributed by atoms with Crippen molar-refractivity contribution in [2.45, 2.75) is 19.3 Å². The van der Waals surface area contributed by atoms with E-state index in [9.17, 15) is 4.79 Å². The maximum atomic E-state index is 10.5. The van der Waals surface area contributed by atoms with Gasteiger partial charge in [-0.15, -0.1) is 0 Å². The third kappa shape index (κ3) is 2.19. The highest BCUT2D eigenvalue weighted by Gasteiger charge is 2.34. The molecule has 0 aliphatic carbocycles. The molecule has 1 heterocycles. The van der Waals surface area contributed by atoms with Gasteiger partial charge in [-0.2, -0.15) is 0 Å². The van der Waals surface area contributed by atoms with Crippen LogP contribution >= 0.6 is 0 Å². The second-order valence-electron chi connectivity index (χ2n) is 3.34. The van der Waals surface area contributed by atoms with Crippen LogP contribution in [0, 0.1) is 5.41 Å². The molecular weight excluding hydrogens is 160 g/mol. The van der Waals surface area contributed by atoms with Crippen molar-refractivity contribution in [2.24, 2.45) is 5.41 Å². The first-order valence-electron chi connectivity index (χ1n) is 4.09. The van der Waals surface area contributed by atoms with Gasteiger partial charge in [0.1, 0.15) is 0 Å². The molecule has 70 valence electrons. The molecule has 0 radical (unpaired) electrons. The average Bonchev–Trinajstić information content (AvgIpc) is 2.05. The molecule has 0 spiro atoms. The van der Waals surface area contributed by atoms with E-state index in [2.05, 4.69) is 0 Å². The van der Waals surface area contributed by atoms with Gasteiger partial charge in [0.15, 0.2) is 0 Å². The SMILES string of the molecule is O=C(O)CC1(CO)CCOCC1. The summed E-state index contributed by atoms with van der Waals surface area (Å²) >= 11 is 0. The lowest BCUT2D eigenvalue weighted by atomic mass is 9.78. The number of carboxylic acid groups (broad SMARTS) is 1. The molecule has 0 atom stereocenters. The summed E-state index contributed by atoms with van der Waals surface area (Å²) in [4.78, 5) is 10.5. The van der Waals surface area contributed by atoms with Gasteiger partial charge in [-0.25, -0.2) is 0 Å². The van der Waals surface area contributed by atoms with Crippen LogP contribution in [0.3, 0.4) is 0 Å². The minimum absolute atomic E-state index is 0.0485. The first kappa shape index (κ1) is 9.48. The van der Waals surface area contributed by atoms with Crippen molar-refractivity contribution in [2.75, 3.05) is 19.8 Å². The minimum atomic E-state index is -0.842. The van der Waals surface area contributed by atoms with E-state index in [1.165, 1.54) is 0 Å². The second kappa shape index (κ2) is 3.87. The monoisotopic (exact) mass is 174 g/mol. The Morgan fingerprint density at radius 1 is 1.42 bits per heavy atom. The molecule has 1 saturated heterocycles. The van der Waals surface area contributed by atoms with Gasteiger partial charge in [-0.3, -0.25) is 4.79 Å². The smallest absolute Gasteiger partial charge is 0.303 e. The summed E-state index contributed by atoms with van der Waals surface area (Å²) in [6.07, 6.45) is 1.35. The fourth-order valence-electron chi connectivity index (χ4n) is 1.52. The van der Waals surface area contributed by atoms with Crippen LogP contribution in [0.1, 0.15) is 19.3 Å². The molecule has 0 unspecified atom stereocenters. The Labute approximate surface area is 71.2 Å². The Morgan fingerprint density at radius 2 is 2.00 bits per heavy atom. The molecule has 1 aliphatic rings. The molecule has 4 heteroatoms. The van der Waals surface area contributed by atoms with Crippen LogP contribution in [0.15, 0.2) is 0 Å². The fourth-order valence-corrected chi connectivity index (χ4v) is 1.52. The largest absolute Gasteiger partial charge is 0.481 e. The van der Waals surface area contributed by atoms with E-state index in [1.54, 1.807) is 0 Å². The Kier molecular flexibility index (Phi) is 3.05. The molecular formula is C8H14O4. The number of carboxylic acids is 1. The van der Waals surface area contributed by atoms with Crippen LogP contribution in [-0.2, 0) is 9.53 Å². The Hall–Kier alpha value is -0.610. The van der Waals surface area contributed by atoms with Crippen LogP contribution in [0.4, 0.5) is 0 Å². The highest BCUT2D eigenvalue weighted by Crippen LogP contribution is 2.33. The van der Waals surface area contributed by atoms with Gasteiger partial charge in [0.25, 0.3) is 0 Å². The molecule has 1 aliphatic heterocycles. The van der Waals surface area contributed by atoms with Crippen LogP contribution < -0.4 is 0 Å². The molecule has 12 heavy (non-hydrogen) atoms. The predicted molar refractivity (Wildman–Crippen MR) is 41.8 cm³/mol. The molecule has 0 saturated carbocycles. The molecule has 0 aromatic carbocycles. The molecule has 1 fully saturated rings.